The Kier molecular flexibility index (Phi) is 7.71. The van der Waals surface area contributed by atoms with Crippen molar-refractivity contribution in [3.05, 3.63) is 59.7 Å². The lowest BCUT2D eigenvalue weighted by Gasteiger charge is -2.38. The summed E-state index contributed by atoms with van der Waals surface area (Å²) in [6.07, 6.45) is 0. The molecule has 30 heavy (non-hydrogen) atoms. The van der Waals surface area contributed by atoms with Crippen molar-refractivity contribution < 1.29 is 9.53 Å². The van der Waals surface area contributed by atoms with E-state index in [9.17, 15) is 4.79 Å². The number of amides is 1. The zero-order valence-electron chi connectivity index (χ0n) is 18.6. The van der Waals surface area contributed by atoms with Gasteiger partial charge in [0.25, 0.3) is 5.91 Å². The summed E-state index contributed by atoms with van der Waals surface area (Å²) < 4.78 is 5.63. The molecule has 0 spiro atoms. The average molecular weight is 411 g/mol. The predicted octanol–water partition coefficient (Wildman–Crippen LogP) is 2.87. The summed E-state index contributed by atoms with van der Waals surface area (Å²) >= 11 is 0. The van der Waals surface area contributed by atoms with E-state index in [0.717, 1.165) is 26.2 Å². The molecule has 3 rings (SSSR count). The lowest BCUT2D eigenvalue weighted by molar-refractivity contribution is 0.0883. The Balaban J connectivity index is 1.76. The number of anilines is 1. The highest BCUT2D eigenvalue weighted by Crippen LogP contribution is 2.25. The fourth-order valence-corrected chi connectivity index (χ4v) is 3.81. The first-order valence-electron chi connectivity index (χ1n) is 10.7. The molecule has 6 nitrogen and oxygen atoms in total. The third-order valence-corrected chi connectivity index (χ3v) is 5.66. The molecule has 1 amide bonds. The number of hydrogen-bond acceptors (Lipinski definition) is 5. The number of rotatable bonds is 8. The van der Waals surface area contributed by atoms with Crippen molar-refractivity contribution in [1.82, 2.24) is 15.1 Å². The van der Waals surface area contributed by atoms with Crippen molar-refractivity contribution in [2.75, 3.05) is 65.4 Å². The molecule has 6 heteroatoms. The normalized spacial score (nSPS) is 16.1. The topological polar surface area (TPSA) is 48.1 Å². The number of para-hydroxylation sites is 1. The number of ether oxygens (including phenoxy) is 1. The molecule has 1 fully saturated rings. The number of likely N-dealkylation sites (N-methyl/N-ethyl adjacent to an activating group) is 1. The van der Waals surface area contributed by atoms with Crippen LogP contribution in [0.2, 0.25) is 0 Å². The van der Waals surface area contributed by atoms with Crippen molar-refractivity contribution in [3.8, 4) is 5.75 Å². The molecule has 1 aliphatic rings. The lowest BCUT2D eigenvalue weighted by Crippen LogP contribution is -2.48. The standard InChI is InChI=1S/C24H34N4O2/c1-5-30-23-9-7-6-8-21(23)24(29)25-18-22(28-16-14-27(4)15-17-28)19-10-12-20(13-11-19)26(2)3/h6-13,22H,5,14-18H2,1-4H3,(H,25,29)/t22-/m1/s1. The van der Waals surface area contributed by atoms with E-state index in [0.29, 0.717) is 24.5 Å². The molecule has 0 bridgehead atoms. The molecule has 0 unspecified atom stereocenters. The molecule has 1 saturated heterocycles. The zero-order valence-corrected chi connectivity index (χ0v) is 18.6. The van der Waals surface area contributed by atoms with Crippen molar-refractivity contribution in [2.45, 2.75) is 13.0 Å². The molecule has 2 aromatic rings. The maximum absolute atomic E-state index is 12.9. The van der Waals surface area contributed by atoms with Gasteiger partial charge in [-0.05, 0) is 43.8 Å². The lowest BCUT2D eigenvalue weighted by atomic mass is 10.0. The number of carbonyl (C=O) groups is 1. The van der Waals surface area contributed by atoms with E-state index in [4.69, 9.17) is 4.74 Å². The van der Waals surface area contributed by atoms with Gasteiger partial charge in [0.2, 0.25) is 0 Å². The van der Waals surface area contributed by atoms with Crippen molar-refractivity contribution in [1.29, 1.82) is 0 Å². The van der Waals surface area contributed by atoms with Gasteiger partial charge in [0.05, 0.1) is 18.2 Å². The van der Waals surface area contributed by atoms with Crippen LogP contribution >= 0.6 is 0 Å². The minimum absolute atomic E-state index is 0.0944. The van der Waals surface area contributed by atoms with E-state index < -0.39 is 0 Å². The number of nitrogens with one attached hydrogen (secondary N) is 1. The molecule has 0 radical (unpaired) electrons. The van der Waals surface area contributed by atoms with Crippen molar-refractivity contribution in [2.24, 2.45) is 0 Å². The van der Waals surface area contributed by atoms with Gasteiger partial charge in [-0.1, -0.05) is 24.3 Å². The van der Waals surface area contributed by atoms with Crippen LogP contribution < -0.4 is 15.0 Å². The van der Waals surface area contributed by atoms with Gasteiger partial charge in [0.15, 0.2) is 0 Å². The minimum atomic E-state index is -0.0944. The van der Waals surface area contributed by atoms with Gasteiger partial charge in [0.1, 0.15) is 5.75 Å². The molecular formula is C24H34N4O2. The van der Waals surface area contributed by atoms with E-state index in [1.165, 1.54) is 11.3 Å². The van der Waals surface area contributed by atoms with E-state index >= 15 is 0 Å². The highest BCUT2D eigenvalue weighted by Gasteiger charge is 2.25. The molecule has 0 saturated carbocycles. The summed E-state index contributed by atoms with van der Waals surface area (Å²) in [5.74, 6) is 0.534. The number of nitrogens with zero attached hydrogens (tertiary/aromatic N) is 3. The van der Waals surface area contributed by atoms with E-state index in [1.54, 1.807) is 0 Å². The van der Waals surface area contributed by atoms with Crippen molar-refractivity contribution in [3.63, 3.8) is 0 Å². The summed E-state index contributed by atoms with van der Waals surface area (Å²) in [6, 6.07) is 16.2. The van der Waals surface area contributed by atoms with Gasteiger partial charge in [-0.2, -0.15) is 0 Å². The van der Waals surface area contributed by atoms with Gasteiger partial charge < -0.3 is 19.9 Å². The third-order valence-electron chi connectivity index (χ3n) is 5.66. The van der Waals surface area contributed by atoms with Crippen LogP contribution in [0.1, 0.15) is 28.9 Å². The van der Waals surface area contributed by atoms with E-state index in [2.05, 4.69) is 51.3 Å². The summed E-state index contributed by atoms with van der Waals surface area (Å²) in [6.45, 7) is 7.07. The van der Waals surface area contributed by atoms with Gasteiger partial charge in [-0.25, -0.2) is 0 Å². The van der Waals surface area contributed by atoms with E-state index in [1.807, 2.05) is 45.3 Å². The first-order valence-corrected chi connectivity index (χ1v) is 10.7. The molecular weight excluding hydrogens is 376 g/mol. The highest BCUT2D eigenvalue weighted by atomic mass is 16.5. The fourth-order valence-electron chi connectivity index (χ4n) is 3.81. The van der Waals surface area contributed by atoms with Crippen LogP contribution in [0.15, 0.2) is 48.5 Å². The molecule has 162 valence electrons. The van der Waals surface area contributed by atoms with Crippen LogP contribution in [0.4, 0.5) is 5.69 Å². The Morgan fingerprint density at radius 3 is 2.37 bits per heavy atom. The maximum atomic E-state index is 12.9. The fraction of sp³-hybridized carbons (Fsp3) is 0.458. The Morgan fingerprint density at radius 1 is 1.07 bits per heavy atom. The molecule has 1 N–H and O–H groups in total. The summed E-state index contributed by atoms with van der Waals surface area (Å²) in [7, 11) is 6.25. The van der Waals surface area contributed by atoms with Crippen LogP contribution in [0.3, 0.4) is 0 Å². The second-order valence-electron chi connectivity index (χ2n) is 7.98. The van der Waals surface area contributed by atoms with Gasteiger partial charge in [-0.15, -0.1) is 0 Å². The number of hydrogen-bond donors (Lipinski definition) is 1. The average Bonchev–Trinajstić information content (AvgIpc) is 2.76. The van der Waals surface area contributed by atoms with Crippen LogP contribution in [0, 0.1) is 0 Å². The van der Waals surface area contributed by atoms with Crippen LogP contribution in [0.25, 0.3) is 0 Å². The Bertz CT molecular complexity index is 814. The molecule has 1 aliphatic heterocycles. The Labute approximate surface area is 180 Å². The molecule has 2 aromatic carbocycles. The summed E-state index contributed by atoms with van der Waals surface area (Å²) in [4.78, 5) is 19.8. The van der Waals surface area contributed by atoms with Crippen LogP contribution in [-0.4, -0.2) is 76.2 Å². The number of piperazine rings is 1. The predicted molar refractivity (Wildman–Crippen MR) is 123 cm³/mol. The second-order valence-corrected chi connectivity index (χ2v) is 7.98. The first-order chi connectivity index (χ1) is 14.5. The van der Waals surface area contributed by atoms with Crippen LogP contribution in [0.5, 0.6) is 5.75 Å². The largest absolute Gasteiger partial charge is 0.493 e. The smallest absolute Gasteiger partial charge is 0.255 e. The van der Waals surface area contributed by atoms with Gasteiger partial charge >= 0.3 is 0 Å². The minimum Gasteiger partial charge on any atom is -0.493 e. The quantitative estimate of drug-likeness (QED) is 0.725. The summed E-state index contributed by atoms with van der Waals surface area (Å²) in [5, 5.41) is 3.16. The maximum Gasteiger partial charge on any atom is 0.255 e. The monoisotopic (exact) mass is 410 g/mol. The molecule has 1 heterocycles. The third kappa shape index (κ3) is 5.52. The van der Waals surface area contributed by atoms with Gasteiger partial charge in [-0.3, -0.25) is 9.69 Å². The number of carbonyl (C=O) groups excluding carboxylic acids is 1. The van der Waals surface area contributed by atoms with Crippen molar-refractivity contribution >= 4 is 11.6 Å². The second kappa shape index (κ2) is 10.5. The van der Waals surface area contributed by atoms with Crippen LogP contribution in [-0.2, 0) is 0 Å². The van der Waals surface area contributed by atoms with E-state index in [-0.39, 0.29) is 11.9 Å². The summed E-state index contributed by atoms with van der Waals surface area (Å²) in [5.41, 5.74) is 2.98. The molecule has 1 atom stereocenters. The first kappa shape index (κ1) is 22.1. The SMILES string of the molecule is CCOc1ccccc1C(=O)NC[C@H](c1ccc(N(C)C)cc1)N1CCN(C)CC1. The zero-order chi connectivity index (χ0) is 21.5. The molecule has 0 aliphatic carbocycles. The number of benzene rings is 2. The Hall–Kier alpha value is -2.57. The molecule has 0 aromatic heterocycles. The highest BCUT2D eigenvalue weighted by molar-refractivity contribution is 5.96. The van der Waals surface area contributed by atoms with Gasteiger partial charge in [0, 0.05) is 52.5 Å². The Morgan fingerprint density at radius 2 is 1.73 bits per heavy atom.